The lowest BCUT2D eigenvalue weighted by molar-refractivity contribution is -0.122. The van der Waals surface area contributed by atoms with E-state index in [0.717, 1.165) is 11.3 Å². The van der Waals surface area contributed by atoms with Crippen molar-refractivity contribution in [2.24, 2.45) is 0 Å². The van der Waals surface area contributed by atoms with Crippen molar-refractivity contribution in [3.63, 3.8) is 0 Å². The summed E-state index contributed by atoms with van der Waals surface area (Å²) in [5.74, 6) is -0.308. The van der Waals surface area contributed by atoms with Crippen LogP contribution >= 0.6 is 0 Å². The third-order valence-electron chi connectivity index (χ3n) is 3.89. The van der Waals surface area contributed by atoms with E-state index in [2.05, 4.69) is 10.7 Å². The van der Waals surface area contributed by atoms with Gasteiger partial charge >= 0.3 is 0 Å². The van der Waals surface area contributed by atoms with E-state index in [1.165, 1.54) is 12.5 Å². The van der Waals surface area contributed by atoms with Gasteiger partial charge < -0.3 is 5.32 Å². The van der Waals surface area contributed by atoms with E-state index in [9.17, 15) is 9.59 Å². The van der Waals surface area contributed by atoms with Crippen LogP contribution in [0.5, 0.6) is 0 Å². The monoisotopic (exact) mass is 339 g/mol. The molecule has 2 aromatic carbocycles. The van der Waals surface area contributed by atoms with Crippen LogP contribution in [0.4, 0.5) is 5.69 Å². The Morgan fingerprint density at radius 2 is 1.68 bits per heavy atom. The van der Waals surface area contributed by atoms with Gasteiger partial charge in [0.05, 0.1) is 18.2 Å². The van der Waals surface area contributed by atoms with Crippen molar-refractivity contribution in [1.29, 1.82) is 0 Å². The lowest BCUT2D eigenvalue weighted by Crippen LogP contribution is -2.44. The summed E-state index contributed by atoms with van der Waals surface area (Å²) >= 11 is 0. The summed E-state index contributed by atoms with van der Waals surface area (Å²) in [4.78, 5) is 24.0. The normalized spacial score (nSPS) is 11.5. The molecule has 5 heteroatoms. The molecule has 0 heterocycles. The highest BCUT2D eigenvalue weighted by Crippen LogP contribution is 2.17. The van der Waals surface area contributed by atoms with Crippen molar-refractivity contribution >= 4 is 17.5 Å². The van der Waals surface area contributed by atoms with Gasteiger partial charge in [0, 0.05) is 13.5 Å². The number of carbonyl (C=O) groups excluding carboxylic acids is 2. The van der Waals surface area contributed by atoms with E-state index in [4.69, 9.17) is 0 Å². The van der Waals surface area contributed by atoms with Crippen LogP contribution in [0.15, 0.2) is 54.6 Å². The fourth-order valence-electron chi connectivity index (χ4n) is 2.62. The Bertz CT molecular complexity index is 699. The van der Waals surface area contributed by atoms with Crippen LogP contribution in [0.2, 0.25) is 0 Å². The second kappa shape index (κ2) is 8.87. The number of nitrogens with zero attached hydrogens (tertiary/aromatic N) is 1. The molecule has 25 heavy (non-hydrogen) atoms. The summed E-state index contributed by atoms with van der Waals surface area (Å²) in [6, 6.07) is 17.1. The van der Waals surface area contributed by atoms with Crippen molar-refractivity contribution in [3.8, 4) is 0 Å². The van der Waals surface area contributed by atoms with E-state index in [-0.39, 0.29) is 24.3 Å². The Balaban J connectivity index is 2.06. The molecule has 0 aliphatic carbocycles. The minimum Gasteiger partial charge on any atom is -0.349 e. The van der Waals surface area contributed by atoms with Gasteiger partial charge in [0.1, 0.15) is 0 Å². The summed E-state index contributed by atoms with van der Waals surface area (Å²) in [7, 11) is 0. The molecule has 2 N–H and O–H groups in total. The summed E-state index contributed by atoms with van der Waals surface area (Å²) in [5.41, 5.74) is 5.92. The van der Waals surface area contributed by atoms with Gasteiger partial charge in [-0.2, -0.15) is 0 Å². The van der Waals surface area contributed by atoms with Crippen LogP contribution < -0.4 is 15.8 Å². The molecule has 1 atom stereocenters. The van der Waals surface area contributed by atoms with Crippen LogP contribution in [-0.4, -0.2) is 18.4 Å². The summed E-state index contributed by atoms with van der Waals surface area (Å²) < 4.78 is 0. The molecule has 0 unspecified atom stereocenters. The molecule has 0 saturated heterocycles. The highest BCUT2D eigenvalue weighted by molar-refractivity contribution is 5.80. The molecule has 0 radical (unpaired) electrons. The summed E-state index contributed by atoms with van der Waals surface area (Å²) in [5, 5.41) is 4.65. The van der Waals surface area contributed by atoms with Crippen LogP contribution in [-0.2, 0) is 9.59 Å². The number of nitrogens with one attached hydrogen (secondary N) is 2. The molecule has 0 saturated carbocycles. The van der Waals surface area contributed by atoms with Gasteiger partial charge in [0.25, 0.3) is 0 Å². The first-order valence-corrected chi connectivity index (χ1v) is 8.45. The molecule has 0 bridgehead atoms. The Kier molecular flexibility index (Phi) is 6.57. The highest BCUT2D eigenvalue weighted by atomic mass is 16.2. The number of anilines is 1. The standard InChI is InChI=1S/C20H25N3O2/c1-4-23(18-12-10-15(2)11-13-18)22-20(25)14-19(21-16(3)24)17-8-6-5-7-9-17/h5-13,19H,4,14H2,1-3H3,(H,21,24)(H,22,25)/t19-/m1/s1. The Hall–Kier alpha value is -2.82. The number of carbonyl (C=O) groups is 2. The molecular formula is C20H25N3O2. The average molecular weight is 339 g/mol. The molecule has 0 fully saturated rings. The second-order valence-corrected chi connectivity index (χ2v) is 5.98. The Morgan fingerprint density at radius 3 is 2.24 bits per heavy atom. The van der Waals surface area contributed by atoms with Crippen molar-refractivity contribution in [2.75, 3.05) is 11.6 Å². The number of rotatable bonds is 7. The minimum atomic E-state index is -0.351. The first-order chi connectivity index (χ1) is 12.0. The number of hydrogen-bond donors (Lipinski definition) is 2. The quantitative estimate of drug-likeness (QED) is 0.762. The van der Waals surface area contributed by atoms with Gasteiger partial charge in [0.2, 0.25) is 11.8 Å². The topological polar surface area (TPSA) is 61.4 Å². The maximum atomic E-state index is 12.5. The van der Waals surface area contributed by atoms with Gasteiger partial charge in [0.15, 0.2) is 0 Å². The van der Waals surface area contributed by atoms with Crippen molar-refractivity contribution in [1.82, 2.24) is 10.7 Å². The first-order valence-electron chi connectivity index (χ1n) is 8.45. The van der Waals surface area contributed by atoms with Gasteiger partial charge in [-0.15, -0.1) is 0 Å². The van der Waals surface area contributed by atoms with E-state index in [1.54, 1.807) is 5.01 Å². The van der Waals surface area contributed by atoms with Gasteiger partial charge in [-0.3, -0.25) is 20.0 Å². The molecule has 5 nitrogen and oxygen atoms in total. The van der Waals surface area contributed by atoms with E-state index < -0.39 is 0 Å². The molecule has 0 aliphatic rings. The number of amides is 2. The largest absolute Gasteiger partial charge is 0.349 e. The summed E-state index contributed by atoms with van der Waals surface area (Å²) in [6.07, 6.45) is 0.173. The molecular weight excluding hydrogens is 314 g/mol. The number of hydrazine groups is 1. The zero-order valence-corrected chi connectivity index (χ0v) is 15.0. The third kappa shape index (κ3) is 5.64. The number of aryl methyl sites for hydroxylation is 1. The first kappa shape index (κ1) is 18.5. The molecule has 2 aromatic rings. The van der Waals surface area contributed by atoms with Crippen LogP contribution in [0, 0.1) is 6.92 Å². The molecule has 0 spiro atoms. The fraction of sp³-hybridized carbons (Fsp3) is 0.300. The maximum absolute atomic E-state index is 12.5. The molecule has 2 amide bonds. The molecule has 132 valence electrons. The predicted molar refractivity (Wildman–Crippen MR) is 100.0 cm³/mol. The van der Waals surface area contributed by atoms with Crippen LogP contribution in [0.25, 0.3) is 0 Å². The predicted octanol–water partition coefficient (Wildman–Crippen LogP) is 3.12. The lowest BCUT2D eigenvalue weighted by atomic mass is 10.0. The van der Waals surface area contributed by atoms with Gasteiger partial charge in [-0.1, -0.05) is 48.0 Å². The number of benzene rings is 2. The summed E-state index contributed by atoms with van der Waals surface area (Å²) in [6.45, 7) is 6.10. The van der Waals surface area contributed by atoms with Crippen molar-refractivity contribution < 1.29 is 9.59 Å². The average Bonchev–Trinajstić information content (AvgIpc) is 2.60. The Labute approximate surface area is 149 Å². The minimum absolute atomic E-state index is 0.148. The lowest BCUT2D eigenvalue weighted by Gasteiger charge is -2.25. The van der Waals surface area contributed by atoms with Gasteiger partial charge in [-0.05, 0) is 31.5 Å². The Morgan fingerprint density at radius 1 is 1.04 bits per heavy atom. The molecule has 0 aliphatic heterocycles. The van der Waals surface area contributed by atoms with Crippen LogP contribution in [0.3, 0.4) is 0 Å². The van der Waals surface area contributed by atoms with Crippen LogP contribution in [0.1, 0.15) is 37.4 Å². The fourth-order valence-corrected chi connectivity index (χ4v) is 2.62. The van der Waals surface area contributed by atoms with E-state index in [1.807, 2.05) is 68.4 Å². The maximum Gasteiger partial charge on any atom is 0.240 e. The SMILES string of the molecule is CCN(NC(=O)C[C@@H](NC(C)=O)c1ccccc1)c1ccc(C)cc1. The third-order valence-corrected chi connectivity index (χ3v) is 3.89. The zero-order chi connectivity index (χ0) is 18.2. The zero-order valence-electron chi connectivity index (χ0n) is 15.0. The highest BCUT2D eigenvalue weighted by Gasteiger charge is 2.18. The molecule has 0 aromatic heterocycles. The van der Waals surface area contributed by atoms with E-state index in [0.29, 0.717) is 6.54 Å². The van der Waals surface area contributed by atoms with Crippen molar-refractivity contribution in [3.05, 3.63) is 65.7 Å². The molecule has 2 rings (SSSR count). The number of hydrogen-bond acceptors (Lipinski definition) is 3. The smallest absolute Gasteiger partial charge is 0.240 e. The van der Waals surface area contributed by atoms with Crippen molar-refractivity contribution in [2.45, 2.75) is 33.2 Å². The van der Waals surface area contributed by atoms with Gasteiger partial charge in [-0.25, -0.2) is 0 Å². The second-order valence-electron chi connectivity index (χ2n) is 5.98. The van der Waals surface area contributed by atoms with E-state index >= 15 is 0 Å².